The van der Waals surface area contributed by atoms with Gasteiger partial charge in [-0.3, -0.25) is 0 Å². The zero-order valence-corrected chi connectivity index (χ0v) is 9.54. The standard InChI is InChI=1S/C12H19N3O/c1-2-4-9(3-1)12-14-7-10(15-12)11-8-16-6-5-13-11/h7,9,11,13H,1-6,8H2,(H,14,15). The lowest BCUT2D eigenvalue weighted by Crippen LogP contribution is -2.34. The van der Waals surface area contributed by atoms with E-state index in [-0.39, 0.29) is 0 Å². The van der Waals surface area contributed by atoms with Gasteiger partial charge in [-0.05, 0) is 12.8 Å². The molecule has 1 saturated heterocycles. The van der Waals surface area contributed by atoms with Crippen molar-refractivity contribution >= 4 is 0 Å². The quantitative estimate of drug-likeness (QED) is 0.799. The molecule has 88 valence electrons. The minimum atomic E-state index is 0.302. The highest BCUT2D eigenvalue weighted by Gasteiger charge is 2.22. The fourth-order valence-corrected chi connectivity index (χ4v) is 2.70. The van der Waals surface area contributed by atoms with Gasteiger partial charge >= 0.3 is 0 Å². The molecule has 1 aromatic rings. The SMILES string of the molecule is c1nc(C2CCCC2)[nH]c1C1COCCN1. The number of aromatic amines is 1. The number of H-pyrrole nitrogens is 1. The van der Waals surface area contributed by atoms with Gasteiger partial charge < -0.3 is 15.0 Å². The van der Waals surface area contributed by atoms with Gasteiger partial charge in [0.2, 0.25) is 0 Å². The van der Waals surface area contributed by atoms with Crippen LogP contribution in [0, 0.1) is 0 Å². The third-order valence-electron chi connectivity index (χ3n) is 3.65. The Labute approximate surface area is 95.8 Å². The molecule has 0 aromatic carbocycles. The van der Waals surface area contributed by atoms with E-state index in [1.54, 1.807) is 0 Å². The van der Waals surface area contributed by atoms with Crippen molar-refractivity contribution in [3.05, 3.63) is 17.7 Å². The number of rotatable bonds is 2. The average Bonchev–Trinajstić information content (AvgIpc) is 3.01. The summed E-state index contributed by atoms with van der Waals surface area (Å²) >= 11 is 0. The van der Waals surface area contributed by atoms with Crippen LogP contribution in [0.4, 0.5) is 0 Å². The van der Waals surface area contributed by atoms with Crippen molar-refractivity contribution in [2.75, 3.05) is 19.8 Å². The Hall–Kier alpha value is -0.870. The van der Waals surface area contributed by atoms with Gasteiger partial charge in [0.15, 0.2) is 0 Å². The van der Waals surface area contributed by atoms with E-state index < -0.39 is 0 Å². The van der Waals surface area contributed by atoms with Crippen molar-refractivity contribution in [3.8, 4) is 0 Å². The monoisotopic (exact) mass is 221 g/mol. The molecule has 3 rings (SSSR count). The van der Waals surface area contributed by atoms with Crippen LogP contribution in [0.15, 0.2) is 6.20 Å². The van der Waals surface area contributed by atoms with Gasteiger partial charge in [-0.1, -0.05) is 12.8 Å². The van der Waals surface area contributed by atoms with Gasteiger partial charge in [-0.25, -0.2) is 4.98 Å². The van der Waals surface area contributed by atoms with Crippen LogP contribution in [-0.2, 0) is 4.74 Å². The number of hydrogen-bond acceptors (Lipinski definition) is 3. The Balaban J connectivity index is 1.71. The normalized spacial score (nSPS) is 27.4. The summed E-state index contributed by atoms with van der Waals surface area (Å²) < 4.78 is 5.46. The molecule has 0 radical (unpaired) electrons. The smallest absolute Gasteiger partial charge is 0.109 e. The Morgan fingerprint density at radius 3 is 2.94 bits per heavy atom. The fourth-order valence-electron chi connectivity index (χ4n) is 2.70. The van der Waals surface area contributed by atoms with E-state index in [4.69, 9.17) is 4.74 Å². The van der Waals surface area contributed by atoms with Crippen LogP contribution in [-0.4, -0.2) is 29.7 Å². The average molecular weight is 221 g/mol. The van der Waals surface area contributed by atoms with E-state index in [0.29, 0.717) is 12.0 Å². The zero-order chi connectivity index (χ0) is 10.8. The first-order valence-electron chi connectivity index (χ1n) is 6.29. The van der Waals surface area contributed by atoms with Crippen molar-refractivity contribution in [2.45, 2.75) is 37.6 Å². The van der Waals surface area contributed by atoms with Crippen LogP contribution >= 0.6 is 0 Å². The molecule has 2 heterocycles. The van der Waals surface area contributed by atoms with Crippen LogP contribution < -0.4 is 5.32 Å². The molecule has 2 aliphatic rings. The maximum Gasteiger partial charge on any atom is 0.109 e. The minimum Gasteiger partial charge on any atom is -0.378 e. The molecule has 2 N–H and O–H groups in total. The predicted octanol–water partition coefficient (Wildman–Crippen LogP) is 1.73. The molecule has 1 saturated carbocycles. The summed E-state index contributed by atoms with van der Waals surface area (Å²) in [5.41, 5.74) is 1.18. The van der Waals surface area contributed by atoms with E-state index in [9.17, 15) is 0 Å². The van der Waals surface area contributed by atoms with Gasteiger partial charge in [0.1, 0.15) is 5.82 Å². The van der Waals surface area contributed by atoms with Crippen LogP contribution in [0.5, 0.6) is 0 Å². The van der Waals surface area contributed by atoms with E-state index >= 15 is 0 Å². The lowest BCUT2D eigenvalue weighted by atomic mass is 10.1. The second kappa shape index (κ2) is 4.55. The minimum absolute atomic E-state index is 0.302. The van der Waals surface area contributed by atoms with Crippen molar-refractivity contribution in [2.24, 2.45) is 0 Å². The first-order chi connectivity index (χ1) is 7.93. The molecule has 0 spiro atoms. The third kappa shape index (κ3) is 1.99. The molecule has 1 atom stereocenters. The molecule has 1 aliphatic heterocycles. The van der Waals surface area contributed by atoms with Crippen LogP contribution in [0.2, 0.25) is 0 Å². The lowest BCUT2D eigenvalue weighted by Gasteiger charge is -2.22. The Bertz CT molecular complexity index is 338. The summed E-state index contributed by atoms with van der Waals surface area (Å²) in [5, 5.41) is 3.44. The van der Waals surface area contributed by atoms with Gasteiger partial charge in [0, 0.05) is 18.7 Å². The van der Waals surface area contributed by atoms with E-state index in [1.807, 2.05) is 6.20 Å². The predicted molar refractivity (Wildman–Crippen MR) is 61.4 cm³/mol. The van der Waals surface area contributed by atoms with Crippen molar-refractivity contribution < 1.29 is 4.74 Å². The maximum atomic E-state index is 5.46. The molecule has 1 aromatic heterocycles. The lowest BCUT2D eigenvalue weighted by molar-refractivity contribution is 0.0757. The topological polar surface area (TPSA) is 49.9 Å². The first kappa shape index (κ1) is 10.3. The fraction of sp³-hybridized carbons (Fsp3) is 0.750. The summed E-state index contributed by atoms with van der Waals surface area (Å²) in [5.74, 6) is 1.85. The van der Waals surface area contributed by atoms with E-state index in [2.05, 4.69) is 15.3 Å². The molecule has 1 aliphatic carbocycles. The number of nitrogens with one attached hydrogen (secondary N) is 2. The highest BCUT2D eigenvalue weighted by Crippen LogP contribution is 2.32. The first-order valence-corrected chi connectivity index (χ1v) is 6.29. The van der Waals surface area contributed by atoms with Gasteiger partial charge in [0.25, 0.3) is 0 Å². The highest BCUT2D eigenvalue weighted by molar-refractivity contribution is 5.11. The summed E-state index contributed by atoms with van der Waals surface area (Å²) in [6.07, 6.45) is 7.26. The molecule has 2 fully saturated rings. The Morgan fingerprint density at radius 2 is 2.19 bits per heavy atom. The molecule has 1 unspecified atom stereocenters. The highest BCUT2D eigenvalue weighted by atomic mass is 16.5. The number of imidazole rings is 1. The number of nitrogens with zero attached hydrogens (tertiary/aromatic N) is 1. The van der Waals surface area contributed by atoms with Crippen LogP contribution in [0.3, 0.4) is 0 Å². The van der Waals surface area contributed by atoms with Crippen molar-refractivity contribution in [3.63, 3.8) is 0 Å². The second-order valence-corrected chi connectivity index (χ2v) is 4.79. The molecular formula is C12H19N3O. The molecule has 0 bridgehead atoms. The zero-order valence-electron chi connectivity index (χ0n) is 9.54. The van der Waals surface area contributed by atoms with Gasteiger partial charge in [-0.2, -0.15) is 0 Å². The number of aromatic nitrogens is 2. The van der Waals surface area contributed by atoms with Crippen molar-refractivity contribution in [1.82, 2.24) is 15.3 Å². The molecule has 4 nitrogen and oxygen atoms in total. The Morgan fingerprint density at radius 1 is 1.31 bits per heavy atom. The van der Waals surface area contributed by atoms with E-state index in [0.717, 1.165) is 19.8 Å². The summed E-state index contributed by atoms with van der Waals surface area (Å²) in [7, 11) is 0. The van der Waals surface area contributed by atoms with Crippen LogP contribution in [0.25, 0.3) is 0 Å². The molecular weight excluding hydrogens is 202 g/mol. The number of ether oxygens (including phenoxy) is 1. The number of morpholine rings is 1. The number of hydrogen-bond donors (Lipinski definition) is 2. The molecule has 4 heteroatoms. The maximum absolute atomic E-state index is 5.46. The van der Waals surface area contributed by atoms with Gasteiger partial charge in [-0.15, -0.1) is 0 Å². The van der Waals surface area contributed by atoms with Gasteiger partial charge in [0.05, 0.1) is 24.9 Å². The summed E-state index contributed by atoms with van der Waals surface area (Å²) in [6.45, 7) is 2.51. The summed E-state index contributed by atoms with van der Waals surface area (Å²) in [6, 6.07) is 0.302. The molecule has 0 amide bonds. The van der Waals surface area contributed by atoms with E-state index in [1.165, 1.54) is 37.2 Å². The second-order valence-electron chi connectivity index (χ2n) is 4.79. The van der Waals surface area contributed by atoms with Crippen molar-refractivity contribution in [1.29, 1.82) is 0 Å². The Kier molecular flexibility index (Phi) is 2.93. The third-order valence-corrected chi connectivity index (χ3v) is 3.65. The largest absolute Gasteiger partial charge is 0.378 e. The summed E-state index contributed by atoms with van der Waals surface area (Å²) in [4.78, 5) is 7.99. The van der Waals surface area contributed by atoms with Crippen LogP contribution in [0.1, 0.15) is 49.2 Å². The molecule has 16 heavy (non-hydrogen) atoms.